The molecule has 1 aliphatic rings. The predicted molar refractivity (Wildman–Crippen MR) is 88.0 cm³/mol. The Morgan fingerprint density at radius 3 is 3.00 bits per heavy atom. The second-order valence-corrected chi connectivity index (χ2v) is 6.91. The van der Waals surface area contributed by atoms with Crippen molar-refractivity contribution in [1.29, 1.82) is 0 Å². The fourth-order valence-corrected chi connectivity index (χ4v) is 3.01. The van der Waals surface area contributed by atoms with Gasteiger partial charge in [0.05, 0.1) is 11.5 Å². The Balaban J connectivity index is 1.72. The summed E-state index contributed by atoms with van der Waals surface area (Å²) in [7, 11) is 0. The quantitative estimate of drug-likeness (QED) is 0.675. The van der Waals surface area contributed by atoms with Crippen LogP contribution in [0.15, 0.2) is 28.8 Å². The van der Waals surface area contributed by atoms with E-state index in [0.29, 0.717) is 23.8 Å². The topological polar surface area (TPSA) is 111 Å². The largest absolute Gasteiger partial charge is 0.338 e. The maximum absolute atomic E-state index is 10.9. The van der Waals surface area contributed by atoms with Crippen LogP contribution in [0.5, 0.6) is 0 Å². The zero-order valence-corrected chi connectivity index (χ0v) is 13.8. The number of hydrogen-bond donors (Lipinski definition) is 1. The summed E-state index contributed by atoms with van der Waals surface area (Å²) < 4.78 is 5.31. The zero-order valence-electron chi connectivity index (χ0n) is 13.8. The third-order valence-corrected chi connectivity index (χ3v) is 4.53. The van der Waals surface area contributed by atoms with E-state index in [0.717, 1.165) is 19.5 Å². The van der Waals surface area contributed by atoms with Crippen molar-refractivity contribution in [1.82, 2.24) is 15.0 Å². The minimum absolute atomic E-state index is 0.00520. The lowest BCUT2D eigenvalue weighted by atomic mass is 9.80. The Morgan fingerprint density at radius 2 is 2.29 bits per heavy atom. The van der Waals surface area contributed by atoms with Gasteiger partial charge in [-0.05, 0) is 11.8 Å². The van der Waals surface area contributed by atoms with Gasteiger partial charge in [-0.3, -0.25) is 15.0 Å². The van der Waals surface area contributed by atoms with Crippen molar-refractivity contribution in [3.05, 3.63) is 40.3 Å². The van der Waals surface area contributed by atoms with Crippen molar-refractivity contribution in [3.63, 3.8) is 0 Å². The van der Waals surface area contributed by atoms with Gasteiger partial charge in [0.2, 0.25) is 11.7 Å². The molecule has 2 heterocycles. The molecule has 2 aromatic rings. The number of rotatable bonds is 4. The molecule has 1 aromatic heterocycles. The van der Waals surface area contributed by atoms with E-state index in [2.05, 4.69) is 28.9 Å². The Kier molecular flexibility index (Phi) is 4.33. The van der Waals surface area contributed by atoms with Crippen molar-refractivity contribution in [2.24, 2.45) is 11.1 Å². The first-order valence-electron chi connectivity index (χ1n) is 7.90. The summed E-state index contributed by atoms with van der Waals surface area (Å²) in [5, 5.41) is 14.8. The lowest BCUT2D eigenvalue weighted by molar-refractivity contribution is -0.384. The summed E-state index contributed by atoms with van der Waals surface area (Å²) >= 11 is 0. The Bertz CT molecular complexity index is 743. The number of non-ortho nitro benzene ring substituents is 1. The molecule has 2 N–H and O–H groups in total. The molecule has 8 nitrogen and oxygen atoms in total. The SMILES string of the molecule is CC1(C)CN(Cc2nc(-c3cccc([N+](=O)[O-])c3)no2)CCC1N. The molecule has 3 rings (SSSR count). The standard InChI is InChI=1S/C16H21N5O3/c1-16(2)10-20(7-6-13(16)17)9-14-18-15(19-24-14)11-4-3-5-12(8-11)21(22)23/h3-5,8,13H,6-7,9-10,17H2,1-2H3. The van der Waals surface area contributed by atoms with E-state index in [1.807, 2.05) is 0 Å². The predicted octanol–water partition coefficient (Wildman–Crippen LogP) is 2.20. The van der Waals surface area contributed by atoms with E-state index < -0.39 is 4.92 Å². The van der Waals surface area contributed by atoms with Gasteiger partial charge < -0.3 is 10.3 Å². The summed E-state index contributed by atoms with van der Waals surface area (Å²) in [6.45, 7) is 6.62. The second-order valence-electron chi connectivity index (χ2n) is 6.91. The molecule has 1 fully saturated rings. The first kappa shape index (κ1) is 16.5. The highest BCUT2D eigenvalue weighted by Crippen LogP contribution is 2.28. The maximum atomic E-state index is 10.9. The van der Waals surface area contributed by atoms with Crippen molar-refractivity contribution >= 4 is 5.69 Å². The molecule has 0 radical (unpaired) electrons. The number of nitrogens with zero attached hydrogens (tertiary/aromatic N) is 4. The summed E-state index contributed by atoms with van der Waals surface area (Å²) in [4.78, 5) is 17.0. The van der Waals surface area contributed by atoms with Crippen LogP contribution in [0, 0.1) is 15.5 Å². The van der Waals surface area contributed by atoms with E-state index in [1.165, 1.54) is 12.1 Å². The van der Waals surface area contributed by atoms with E-state index in [-0.39, 0.29) is 17.1 Å². The molecule has 0 bridgehead atoms. The third-order valence-electron chi connectivity index (χ3n) is 4.53. The van der Waals surface area contributed by atoms with E-state index in [1.54, 1.807) is 12.1 Å². The number of nitro groups is 1. The van der Waals surface area contributed by atoms with Crippen LogP contribution >= 0.6 is 0 Å². The van der Waals surface area contributed by atoms with E-state index >= 15 is 0 Å². The molecule has 0 aliphatic carbocycles. The molecule has 0 saturated carbocycles. The van der Waals surface area contributed by atoms with Gasteiger partial charge in [0.1, 0.15) is 0 Å². The van der Waals surface area contributed by atoms with Gasteiger partial charge in [-0.2, -0.15) is 4.98 Å². The van der Waals surface area contributed by atoms with Gasteiger partial charge >= 0.3 is 0 Å². The molecule has 1 unspecified atom stereocenters. The number of nitrogens with two attached hydrogens (primary N) is 1. The van der Waals surface area contributed by atoms with Crippen LogP contribution in [0.4, 0.5) is 5.69 Å². The Labute approximate surface area is 139 Å². The highest BCUT2D eigenvalue weighted by atomic mass is 16.6. The van der Waals surface area contributed by atoms with Gasteiger partial charge in [0.25, 0.3) is 5.69 Å². The molecule has 1 atom stereocenters. The minimum atomic E-state index is -0.441. The summed E-state index contributed by atoms with van der Waals surface area (Å²) in [6.07, 6.45) is 0.929. The Hall–Kier alpha value is -2.32. The zero-order chi connectivity index (χ0) is 17.3. The average Bonchev–Trinajstić information content (AvgIpc) is 2.99. The molecular weight excluding hydrogens is 310 g/mol. The normalized spacial score (nSPS) is 20.9. The van der Waals surface area contributed by atoms with Gasteiger partial charge in [-0.25, -0.2) is 0 Å². The van der Waals surface area contributed by atoms with Crippen LogP contribution in [0.2, 0.25) is 0 Å². The smallest absolute Gasteiger partial charge is 0.270 e. The molecule has 1 aromatic carbocycles. The second kappa shape index (κ2) is 6.29. The van der Waals surface area contributed by atoms with Crippen LogP contribution in [-0.2, 0) is 6.54 Å². The van der Waals surface area contributed by atoms with Gasteiger partial charge in [0.15, 0.2) is 0 Å². The Morgan fingerprint density at radius 1 is 1.50 bits per heavy atom. The number of aromatic nitrogens is 2. The average molecular weight is 331 g/mol. The molecule has 8 heteroatoms. The monoisotopic (exact) mass is 331 g/mol. The van der Waals surface area contributed by atoms with E-state index in [9.17, 15) is 10.1 Å². The lowest BCUT2D eigenvalue weighted by Crippen LogP contribution is -2.52. The summed E-state index contributed by atoms with van der Waals surface area (Å²) in [5.74, 6) is 0.865. The fourth-order valence-electron chi connectivity index (χ4n) is 3.01. The number of likely N-dealkylation sites (tertiary alicyclic amines) is 1. The minimum Gasteiger partial charge on any atom is -0.338 e. The number of nitro benzene ring substituents is 1. The number of hydrogen-bond acceptors (Lipinski definition) is 7. The van der Waals surface area contributed by atoms with Gasteiger partial charge in [0, 0.05) is 36.8 Å². The van der Waals surface area contributed by atoms with Crippen molar-refractivity contribution in [2.75, 3.05) is 13.1 Å². The molecule has 0 spiro atoms. The van der Waals surface area contributed by atoms with Crippen molar-refractivity contribution in [2.45, 2.75) is 32.9 Å². The molecule has 1 saturated heterocycles. The highest BCUT2D eigenvalue weighted by molar-refractivity contribution is 5.58. The molecule has 1 aliphatic heterocycles. The van der Waals surface area contributed by atoms with Gasteiger partial charge in [-0.15, -0.1) is 0 Å². The lowest BCUT2D eigenvalue weighted by Gasteiger charge is -2.42. The molecular formula is C16H21N5O3. The molecule has 0 amide bonds. The fraction of sp³-hybridized carbons (Fsp3) is 0.500. The van der Waals surface area contributed by atoms with Crippen LogP contribution in [0.3, 0.4) is 0 Å². The number of benzene rings is 1. The molecule has 24 heavy (non-hydrogen) atoms. The van der Waals surface area contributed by atoms with Crippen LogP contribution < -0.4 is 5.73 Å². The maximum Gasteiger partial charge on any atom is 0.270 e. The van der Waals surface area contributed by atoms with Crippen LogP contribution in [-0.4, -0.2) is 39.1 Å². The summed E-state index contributed by atoms with van der Waals surface area (Å²) in [6, 6.07) is 6.40. The first-order valence-corrected chi connectivity index (χ1v) is 7.90. The van der Waals surface area contributed by atoms with Crippen LogP contribution in [0.1, 0.15) is 26.2 Å². The van der Waals surface area contributed by atoms with Gasteiger partial charge in [-0.1, -0.05) is 31.1 Å². The van der Waals surface area contributed by atoms with Crippen molar-refractivity contribution < 1.29 is 9.45 Å². The summed E-state index contributed by atoms with van der Waals surface area (Å²) in [5.41, 5.74) is 6.77. The van der Waals surface area contributed by atoms with Crippen molar-refractivity contribution in [3.8, 4) is 11.4 Å². The molecule has 128 valence electrons. The number of piperidine rings is 1. The van der Waals surface area contributed by atoms with Crippen LogP contribution in [0.25, 0.3) is 11.4 Å². The van der Waals surface area contributed by atoms with E-state index in [4.69, 9.17) is 10.3 Å². The first-order chi connectivity index (χ1) is 11.3. The third kappa shape index (κ3) is 3.44. The highest BCUT2D eigenvalue weighted by Gasteiger charge is 2.33.